The van der Waals surface area contributed by atoms with Gasteiger partial charge in [0.2, 0.25) is 29.2 Å². The van der Waals surface area contributed by atoms with Crippen molar-refractivity contribution in [3.05, 3.63) is 90.3 Å². The molecule has 0 saturated carbocycles. The lowest BCUT2D eigenvalue weighted by molar-refractivity contribution is -0.162. The number of thioether (sulfide) groups is 1. The van der Waals surface area contributed by atoms with Gasteiger partial charge >= 0.3 is 11.9 Å². The molecule has 0 aliphatic carbocycles. The number of esters is 2. The van der Waals surface area contributed by atoms with Crippen LogP contribution in [0, 0.1) is 5.41 Å². The van der Waals surface area contributed by atoms with Gasteiger partial charge in [0, 0.05) is 37.9 Å². The van der Waals surface area contributed by atoms with E-state index in [1.54, 1.807) is 39.8 Å². The van der Waals surface area contributed by atoms with E-state index in [-0.39, 0.29) is 29.0 Å². The van der Waals surface area contributed by atoms with Crippen LogP contribution in [0.3, 0.4) is 0 Å². The molecule has 16 heteroatoms. The summed E-state index contributed by atoms with van der Waals surface area (Å²) in [6.07, 6.45) is 2.38. The maximum Gasteiger partial charge on any atom is 0.347 e. The second-order valence-electron chi connectivity index (χ2n) is 13.0. The summed E-state index contributed by atoms with van der Waals surface area (Å²) < 4.78 is 15.6. The second kappa shape index (κ2) is 15.9. The first-order chi connectivity index (χ1) is 24.3. The maximum absolute atomic E-state index is 13.9. The summed E-state index contributed by atoms with van der Waals surface area (Å²) in [6, 6.07) is 17.9. The first kappa shape index (κ1) is 37.2. The molecule has 2 fully saturated rings. The maximum atomic E-state index is 13.9. The molecule has 2 amide bonds. The van der Waals surface area contributed by atoms with Crippen molar-refractivity contribution >= 4 is 64.2 Å². The van der Waals surface area contributed by atoms with Gasteiger partial charge in [0.1, 0.15) is 22.4 Å². The second-order valence-corrected chi connectivity index (χ2v) is 14.8. The van der Waals surface area contributed by atoms with Crippen LogP contribution in [0.2, 0.25) is 0 Å². The van der Waals surface area contributed by atoms with Crippen molar-refractivity contribution < 1.29 is 33.5 Å². The van der Waals surface area contributed by atoms with Gasteiger partial charge in [0.05, 0.1) is 6.34 Å². The average molecular weight is 734 g/mol. The molecule has 5 rings (SSSR count). The zero-order valence-electron chi connectivity index (χ0n) is 28.8. The number of nitrogens with one attached hydrogen (secondary N) is 1. The SMILES string of the molecule is C=CC1(C(=O)OC(c2ccccc2)c2ccccc2)CS[C@@H]2C(NC(=O)C(=NOCC(=O)OC(C)(C)C)c3nsc(N=CN(C)C)n3)C(=O)N2C1. The number of oxime groups is 1. The molecule has 2 saturated heterocycles. The third kappa shape index (κ3) is 8.99. The number of ether oxygens (including phenoxy) is 2. The van der Waals surface area contributed by atoms with E-state index in [1.165, 1.54) is 29.1 Å². The lowest BCUT2D eigenvalue weighted by Gasteiger charge is -2.53. The molecule has 2 aliphatic rings. The van der Waals surface area contributed by atoms with Crippen LogP contribution in [0.25, 0.3) is 0 Å². The van der Waals surface area contributed by atoms with Crippen LogP contribution >= 0.6 is 23.3 Å². The van der Waals surface area contributed by atoms with Crippen molar-refractivity contribution in [1.82, 2.24) is 24.5 Å². The lowest BCUT2D eigenvalue weighted by atomic mass is 9.87. The molecule has 0 spiro atoms. The first-order valence-corrected chi connectivity index (χ1v) is 17.8. The molecule has 0 bridgehead atoms. The predicted molar refractivity (Wildman–Crippen MR) is 193 cm³/mol. The van der Waals surface area contributed by atoms with E-state index >= 15 is 0 Å². The summed E-state index contributed by atoms with van der Waals surface area (Å²) in [6.45, 7) is 8.51. The Morgan fingerprint density at radius 2 is 1.76 bits per heavy atom. The molecule has 14 nitrogen and oxygen atoms in total. The number of amides is 2. The Balaban J connectivity index is 1.29. The van der Waals surface area contributed by atoms with Gasteiger partial charge in [0.25, 0.3) is 5.91 Å². The summed E-state index contributed by atoms with van der Waals surface area (Å²) in [5, 5.41) is 6.34. The number of carbonyl (C=O) groups is 4. The first-order valence-electron chi connectivity index (χ1n) is 15.9. The highest BCUT2D eigenvalue weighted by molar-refractivity contribution is 8.00. The molecule has 0 radical (unpaired) electrons. The molecule has 2 aliphatic heterocycles. The average Bonchev–Trinajstić information content (AvgIpc) is 3.58. The van der Waals surface area contributed by atoms with Gasteiger partial charge in [-0.3, -0.25) is 14.4 Å². The minimum absolute atomic E-state index is 0.0231. The Morgan fingerprint density at radius 3 is 2.35 bits per heavy atom. The number of β-lactam (4-membered cyclic amide) rings is 1. The third-order valence-electron chi connectivity index (χ3n) is 7.62. The van der Waals surface area contributed by atoms with E-state index in [0.717, 1.165) is 22.7 Å². The number of aliphatic imine (C=N–C) groups is 1. The van der Waals surface area contributed by atoms with E-state index in [0.29, 0.717) is 0 Å². The summed E-state index contributed by atoms with van der Waals surface area (Å²) in [5.74, 6) is -2.26. The van der Waals surface area contributed by atoms with E-state index in [4.69, 9.17) is 14.3 Å². The Bertz CT molecular complexity index is 1770. The van der Waals surface area contributed by atoms with Crippen LogP contribution in [0.5, 0.6) is 0 Å². The van der Waals surface area contributed by atoms with Crippen LogP contribution in [0.4, 0.5) is 5.13 Å². The van der Waals surface area contributed by atoms with Crippen LogP contribution in [0.15, 0.2) is 83.5 Å². The zero-order chi connectivity index (χ0) is 36.8. The zero-order valence-corrected chi connectivity index (χ0v) is 30.5. The fourth-order valence-electron chi connectivity index (χ4n) is 5.18. The number of rotatable bonds is 13. The van der Waals surface area contributed by atoms with Crippen LogP contribution in [-0.4, -0.2) is 105 Å². The highest BCUT2D eigenvalue weighted by Gasteiger charge is 2.57. The number of carbonyl (C=O) groups excluding carboxylic acids is 4. The standard InChI is InChI=1S/C35H39N7O7S2/c1-7-35(32(46)48-27(22-14-10-8-11-15-22)23-16-12-9-13-17-23)19-42-30(45)26(31(42)50-20-35)37-29(44)25(39-47-18-24(43)49-34(2,3)4)28-38-33(51-40-28)36-21-41(5)6/h7-17,21,26-27,31H,1,18-20H2,2-6H3,(H,37,44)/t26?,31-,35?/m1/s1. The largest absolute Gasteiger partial charge is 0.457 e. The summed E-state index contributed by atoms with van der Waals surface area (Å²) in [4.78, 5) is 70.1. The Labute approximate surface area is 304 Å². The number of hydrogen-bond donors (Lipinski definition) is 1. The molecule has 2 aromatic carbocycles. The van der Waals surface area contributed by atoms with Gasteiger partial charge in [-0.1, -0.05) is 71.9 Å². The molecule has 3 atom stereocenters. The summed E-state index contributed by atoms with van der Waals surface area (Å²) >= 11 is 2.25. The summed E-state index contributed by atoms with van der Waals surface area (Å²) in [5.41, 5.74) is -0.688. The minimum Gasteiger partial charge on any atom is -0.457 e. The molecular weight excluding hydrogens is 695 g/mol. The molecule has 3 aromatic rings. The van der Waals surface area contributed by atoms with Crippen molar-refractivity contribution in [1.29, 1.82) is 0 Å². The van der Waals surface area contributed by atoms with Gasteiger partial charge in [-0.25, -0.2) is 9.79 Å². The number of fused-ring (bicyclic) bond motifs is 1. The topological polar surface area (TPSA) is 165 Å². The molecular formula is C35H39N7O7S2. The van der Waals surface area contributed by atoms with Crippen molar-refractivity contribution in [2.45, 2.75) is 43.9 Å². The van der Waals surface area contributed by atoms with Gasteiger partial charge < -0.3 is 29.4 Å². The molecule has 1 N–H and O–H groups in total. The van der Waals surface area contributed by atoms with Gasteiger partial charge in [-0.05, 0) is 31.9 Å². The third-order valence-corrected chi connectivity index (χ3v) is 9.79. The smallest absolute Gasteiger partial charge is 0.347 e. The number of hydrogen-bond acceptors (Lipinski definition) is 13. The van der Waals surface area contributed by atoms with Crippen molar-refractivity contribution in [2.75, 3.05) is 33.0 Å². The van der Waals surface area contributed by atoms with Crippen LogP contribution in [-0.2, 0) is 33.5 Å². The van der Waals surface area contributed by atoms with Gasteiger partial charge in [-0.15, -0.1) is 18.3 Å². The lowest BCUT2D eigenvalue weighted by Crippen LogP contribution is -2.74. The molecule has 268 valence electrons. The quantitative estimate of drug-likeness (QED) is 0.0680. The number of aromatic nitrogens is 2. The van der Waals surface area contributed by atoms with Crippen LogP contribution in [0.1, 0.15) is 43.8 Å². The molecule has 1 aromatic heterocycles. The Kier molecular flexibility index (Phi) is 11.6. The summed E-state index contributed by atoms with van der Waals surface area (Å²) in [7, 11) is 3.57. The minimum atomic E-state index is -1.19. The van der Waals surface area contributed by atoms with Crippen LogP contribution < -0.4 is 5.32 Å². The van der Waals surface area contributed by atoms with Crippen molar-refractivity contribution in [3.63, 3.8) is 0 Å². The monoisotopic (exact) mass is 733 g/mol. The molecule has 3 heterocycles. The van der Waals surface area contributed by atoms with Crippen molar-refractivity contribution in [3.8, 4) is 0 Å². The molecule has 2 unspecified atom stereocenters. The highest BCUT2D eigenvalue weighted by Crippen LogP contribution is 2.44. The fourth-order valence-corrected chi connectivity index (χ4v) is 7.22. The Morgan fingerprint density at radius 1 is 1.12 bits per heavy atom. The fraction of sp³-hybridized carbons (Fsp3) is 0.371. The van der Waals surface area contributed by atoms with E-state index in [2.05, 4.69) is 31.4 Å². The Hall–Kier alpha value is -5.09. The highest BCUT2D eigenvalue weighted by atomic mass is 32.2. The predicted octanol–water partition coefficient (Wildman–Crippen LogP) is 3.73. The number of nitrogens with zero attached hydrogens (tertiary/aromatic N) is 6. The van der Waals surface area contributed by atoms with Gasteiger partial charge in [0.15, 0.2) is 6.10 Å². The van der Waals surface area contributed by atoms with Gasteiger partial charge in [-0.2, -0.15) is 9.36 Å². The molecule has 51 heavy (non-hydrogen) atoms. The van der Waals surface area contributed by atoms with E-state index in [1.807, 2.05) is 60.7 Å². The van der Waals surface area contributed by atoms with E-state index in [9.17, 15) is 19.2 Å². The normalized spacial score (nSPS) is 20.3. The number of benzene rings is 2. The van der Waals surface area contributed by atoms with E-state index < -0.39 is 58.9 Å². The van der Waals surface area contributed by atoms with Crippen molar-refractivity contribution in [2.24, 2.45) is 15.6 Å².